The summed E-state index contributed by atoms with van der Waals surface area (Å²) >= 11 is 0. The van der Waals surface area contributed by atoms with E-state index in [0.717, 1.165) is 23.7 Å². The highest BCUT2D eigenvalue weighted by atomic mass is 14.6. The fourth-order valence-corrected chi connectivity index (χ4v) is 7.21. The molecule has 0 heterocycles. The van der Waals surface area contributed by atoms with Crippen LogP contribution in [-0.2, 0) is 0 Å². The van der Waals surface area contributed by atoms with E-state index in [-0.39, 0.29) is 0 Å². The molecule has 0 radical (unpaired) electrons. The molecule has 0 nitrogen and oxygen atoms in total. The molecule has 3 fully saturated rings. The molecule has 3 saturated carbocycles. The topological polar surface area (TPSA) is 0 Å². The highest BCUT2D eigenvalue weighted by Gasteiger charge is 2.55. The minimum absolute atomic E-state index is 0.494. The third-order valence-electron chi connectivity index (χ3n) is 9.59. The lowest BCUT2D eigenvalue weighted by atomic mass is 9.50. The Morgan fingerprint density at radius 2 is 1.81 bits per heavy atom. The van der Waals surface area contributed by atoms with Gasteiger partial charge in [0.15, 0.2) is 0 Å². The van der Waals surface area contributed by atoms with E-state index in [2.05, 4.69) is 58.9 Å². The fraction of sp³-hybridized carbons (Fsp3) is 0.778. The van der Waals surface area contributed by atoms with Gasteiger partial charge in [-0.15, -0.1) is 0 Å². The van der Waals surface area contributed by atoms with Crippen molar-refractivity contribution in [3.63, 3.8) is 0 Å². The number of hydrogen-bond donors (Lipinski definition) is 0. The highest BCUT2D eigenvalue weighted by molar-refractivity contribution is 5.38. The molecular weight excluding hydrogens is 324 g/mol. The summed E-state index contributed by atoms with van der Waals surface area (Å²) in [6.45, 7) is 12.3. The normalized spacial score (nSPS) is 42.4. The van der Waals surface area contributed by atoms with Gasteiger partial charge in [-0.1, -0.05) is 76.5 Å². The largest absolute Gasteiger partial charge is 0.0880 e. The second kappa shape index (κ2) is 7.23. The Morgan fingerprint density at radius 1 is 1.00 bits per heavy atom. The van der Waals surface area contributed by atoms with Gasteiger partial charge in [-0.05, 0) is 91.8 Å². The summed E-state index contributed by atoms with van der Waals surface area (Å²) in [6, 6.07) is 0. The molecule has 27 heavy (non-hydrogen) atoms. The van der Waals surface area contributed by atoms with E-state index in [4.69, 9.17) is 0 Å². The van der Waals surface area contributed by atoms with E-state index in [9.17, 15) is 0 Å². The molecule has 0 heteroatoms. The van der Waals surface area contributed by atoms with Crippen LogP contribution in [0.15, 0.2) is 35.5 Å². The van der Waals surface area contributed by atoms with Crippen LogP contribution in [0.3, 0.4) is 0 Å². The monoisotopic (exact) mass is 366 g/mol. The van der Waals surface area contributed by atoms with Gasteiger partial charge in [-0.3, -0.25) is 0 Å². The highest BCUT2D eigenvalue weighted by Crippen LogP contribution is 2.65. The van der Waals surface area contributed by atoms with Crippen LogP contribution in [0.1, 0.15) is 92.4 Å². The van der Waals surface area contributed by atoms with Crippen LogP contribution in [0.25, 0.3) is 0 Å². The maximum absolute atomic E-state index is 2.65. The molecule has 4 aliphatic carbocycles. The van der Waals surface area contributed by atoms with E-state index < -0.39 is 0 Å². The first-order valence-corrected chi connectivity index (χ1v) is 11.9. The molecule has 0 bridgehead atoms. The second-order valence-corrected chi connectivity index (χ2v) is 11.2. The predicted octanol–water partition coefficient (Wildman–Crippen LogP) is 8.11. The maximum Gasteiger partial charge on any atom is -0.00476 e. The Hall–Kier alpha value is -0.780. The lowest BCUT2D eigenvalue weighted by Crippen LogP contribution is -2.44. The van der Waals surface area contributed by atoms with Crippen molar-refractivity contribution in [3.8, 4) is 0 Å². The zero-order valence-corrected chi connectivity index (χ0v) is 18.6. The van der Waals surface area contributed by atoms with Crippen molar-refractivity contribution in [3.05, 3.63) is 35.5 Å². The predicted molar refractivity (Wildman–Crippen MR) is 118 cm³/mol. The molecule has 0 aromatic heterocycles. The van der Waals surface area contributed by atoms with Gasteiger partial charge in [0.05, 0.1) is 0 Å². The van der Waals surface area contributed by atoms with Crippen molar-refractivity contribution < 1.29 is 0 Å². The summed E-state index contributed by atoms with van der Waals surface area (Å²) in [5, 5.41) is 0. The molecular formula is C27H42. The first-order valence-electron chi connectivity index (χ1n) is 11.9. The third kappa shape index (κ3) is 3.20. The van der Waals surface area contributed by atoms with E-state index in [0.29, 0.717) is 16.7 Å². The summed E-state index contributed by atoms with van der Waals surface area (Å²) in [7, 11) is 0. The van der Waals surface area contributed by atoms with Gasteiger partial charge in [0.25, 0.3) is 0 Å². The maximum atomic E-state index is 2.65. The molecule has 0 aliphatic heterocycles. The van der Waals surface area contributed by atoms with Crippen molar-refractivity contribution in [2.45, 2.75) is 92.4 Å². The molecule has 0 aromatic carbocycles. The lowest BCUT2D eigenvalue weighted by Gasteiger charge is -2.54. The van der Waals surface area contributed by atoms with Gasteiger partial charge in [-0.2, -0.15) is 0 Å². The zero-order chi connectivity index (χ0) is 19.2. The van der Waals surface area contributed by atoms with Crippen molar-refractivity contribution >= 4 is 0 Å². The Kier molecular flexibility index (Phi) is 5.23. The van der Waals surface area contributed by atoms with Crippen LogP contribution in [0.4, 0.5) is 0 Å². The number of hydrogen-bond acceptors (Lipinski definition) is 0. The van der Waals surface area contributed by atoms with Gasteiger partial charge in [-0.25, -0.2) is 0 Å². The average molecular weight is 367 g/mol. The smallest absolute Gasteiger partial charge is 0.00476 e. The first-order chi connectivity index (χ1) is 12.9. The van der Waals surface area contributed by atoms with Gasteiger partial charge in [0.1, 0.15) is 0 Å². The molecule has 0 saturated heterocycles. The first kappa shape index (κ1) is 19.5. The summed E-state index contributed by atoms with van der Waals surface area (Å²) in [5.74, 6) is 4.07. The Labute approximate surface area is 168 Å². The van der Waals surface area contributed by atoms with Crippen LogP contribution in [0.5, 0.6) is 0 Å². The molecule has 4 rings (SSSR count). The minimum atomic E-state index is 0.494. The van der Waals surface area contributed by atoms with Gasteiger partial charge in [0.2, 0.25) is 0 Å². The zero-order valence-electron chi connectivity index (χ0n) is 18.6. The van der Waals surface area contributed by atoms with E-state index in [1.165, 1.54) is 57.8 Å². The van der Waals surface area contributed by atoms with Crippen LogP contribution in [0, 0.1) is 40.4 Å². The minimum Gasteiger partial charge on any atom is -0.0880 e. The lowest BCUT2D eigenvalue weighted by molar-refractivity contribution is 0.0701. The van der Waals surface area contributed by atoms with E-state index in [1.54, 1.807) is 5.57 Å². The van der Waals surface area contributed by atoms with Crippen molar-refractivity contribution in [2.24, 2.45) is 40.4 Å². The Balaban J connectivity index is 1.53. The Bertz CT molecular complexity index is 647. The number of rotatable bonds is 4. The Morgan fingerprint density at radius 3 is 2.59 bits per heavy atom. The molecule has 0 spiro atoms. The average Bonchev–Trinajstić information content (AvgIpc) is 2.97. The summed E-state index contributed by atoms with van der Waals surface area (Å²) in [5.41, 5.74) is 4.68. The van der Waals surface area contributed by atoms with Gasteiger partial charge >= 0.3 is 0 Å². The van der Waals surface area contributed by atoms with Crippen molar-refractivity contribution in [1.29, 1.82) is 0 Å². The van der Waals surface area contributed by atoms with Crippen molar-refractivity contribution in [1.82, 2.24) is 0 Å². The van der Waals surface area contributed by atoms with Gasteiger partial charge < -0.3 is 0 Å². The molecule has 0 N–H and O–H groups in total. The molecule has 0 amide bonds. The van der Waals surface area contributed by atoms with Gasteiger partial charge in [0, 0.05) is 0 Å². The molecule has 0 aromatic rings. The van der Waals surface area contributed by atoms with Crippen LogP contribution >= 0.6 is 0 Å². The number of fused-ring (bicyclic) bond motifs is 5. The molecule has 6 unspecified atom stereocenters. The molecule has 6 atom stereocenters. The fourth-order valence-electron chi connectivity index (χ4n) is 7.21. The molecule has 4 aliphatic rings. The van der Waals surface area contributed by atoms with Crippen LogP contribution < -0.4 is 0 Å². The summed E-state index contributed by atoms with van der Waals surface area (Å²) in [6.07, 6.45) is 22.9. The SMILES string of the molecule is CC(C)C(C)/C=C/CC1CCC2C3=CC=C4CCCCC4(C)C3CCC12C. The quantitative estimate of drug-likeness (QED) is 0.441. The van der Waals surface area contributed by atoms with Crippen LogP contribution in [0.2, 0.25) is 0 Å². The number of allylic oxidation sites excluding steroid dienone is 6. The second-order valence-electron chi connectivity index (χ2n) is 11.2. The standard InChI is InChI=1S/C27H42/c1-19(2)20(3)9-8-11-22-13-15-24-23-14-12-21-10-6-7-17-26(21,4)25(23)16-18-27(22,24)5/h8-9,12,14,19-20,22,24-25H,6-7,10-11,13,15-18H2,1-5H3/b9-8+. The van der Waals surface area contributed by atoms with E-state index in [1.807, 2.05) is 5.57 Å². The van der Waals surface area contributed by atoms with E-state index >= 15 is 0 Å². The summed E-state index contributed by atoms with van der Waals surface area (Å²) < 4.78 is 0. The summed E-state index contributed by atoms with van der Waals surface area (Å²) in [4.78, 5) is 0. The van der Waals surface area contributed by atoms with Crippen LogP contribution in [-0.4, -0.2) is 0 Å². The third-order valence-corrected chi connectivity index (χ3v) is 9.59. The van der Waals surface area contributed by atoms with Crippen molar-refractivity contribution in [2.75, 3.05) is 0 Å². The molecule has 150 valence electrons.